The predicted molar refractivity (Wildman–Crippen MR) is 75.7 cm³/mol. The summed E-state index contributed by atoms with van der Waals surface area (Å²) in [4.78, 5) is 22.6. The maximum Gasteiger partial charge on any atom is 0.323 e. The summed E-state index contributed by atoms with van der Waals surface area (Å²) in [7, 11) is 0. The van der Waals surface area contributed by atoms with E-state index in [9.17, 15) is 14.9 Å². The quantitative estimate of drug-likeness (QED) is 0.643. The van der Waals surface area contributed by atoms with Gasteiger partial charge in [-0.15, -0.1) is 0 Å². The standard InChI is InChI=1S/C12H12Cl2N2O4/c13-9-3-8(16(19)20)4-10(14)12(9)15(6-11(17)18)5-7-1-2-7/h3-4,7H,1-2,5-6H2,(H,17,18). The second-order valence-corrected chi connectivity index (χ2v) is 5.55. The Morgan fingerprint density at radius 3 is 2.35 bits per heavy atom. The first-order valence-corrected chi connectivity index (χ1v) is 6.74. The van der Waals surface area contributed by atoms with E-state index in [0.717, 1.165) is 12.8 Å². The number of halogens is 2. The molecule has 20 heavy (non-hydrogen) atoms. The summed E-state index contributed by atoms with van der Waals surface area (Å²) < 4.78 is 0. The third-order valence-corrected chi connectivity index (χ3v) is 3.61. The van der Waals surface area contributed by atoms with Gasteiger partial charge in [-0.05, 0) is 18.8 Å². The zero-order chi connectivity index (χ0) is 14.9. The van der Waals surface area contributed by atoms with E-state index in [0.29, 0.717) is 18.2 Å². The Labute approximate surface area is 125 Å². The number of carbonyl (C=O) groups is 1. The van der Waals surface area contributed by atoms with Gasteiger partial charge in [0, 0.05) is 18.7 Å². The van der Waals surface area contributed by atoms with Gasteiger partial charge in [0.2, 0.25) is 0 Å². The molecule has 8 heteroatoms. The lowest BCUT2D eigenvalue weighted by molar-refractivity contribution is -0.384. The van der Waals surface area contributed by atoms with Gasteiger partial charge in [0.05, 0.1) is 20.7 Å². The molecule has 6 nitrogen and oxygen atoms in total. The van der Waals surface area contributed by atoms with E-state index < -0.39 is 10.9 Å². The zero-order valence-corrected chi connectivity index (χ0v) is 11.9. The van der Waals surface area contributed by atoms with Gasteiger partial charge >= 0.3 is 5.97 Å². The molecule has 0 amide bonds. The Morgan fingerprint density at radius 1 is 1.40 bits per heavy atom. The molecule has 0 unspecified atom stereocenters. The van der Waals surface area contributed by atoms with E-state index in [2.05, 4.69) is 0 Å². The Morgan fingerprint density at radius 2 is 1.95 bits per heavy atom. The van der Waals surface area contributed by atoms with Crippen LogP contribution < -0.4 is 4.90 Å². The van der Waals surface area contributed by atoms with Crippen LogP contribution in [0.15, 0.2) is 12.1 Å². The molecule has 0 heterocycles. The molecular weight excluding hydrogens is 307 g/mol. The molecule has 1 N–H and O–H groups in total. The fourth-order valence-electron chi connectivity index (χ4n) is 1.97. The van der Waals surface area contributed by atoms with E-state index in [4.69, 9.17) is 28.3 Å². The summed E-state index contributed by atoms with van der Waals surface area (Å²) in [5, 5.41) is 19.9. The number of anilines is 1. The van der Waals surface area contributed by atoms with E-state index >= 15 is 0 Å². The molecule has 1 aliphatic rings. The van der Waals surface area contributed by atoms with Crippen LogP contribution in [0, 0.1) is 16.0 Å². The van der Waals surface area contributed by atoms with E-state index in [1.165, 1.54) is 12.1 Å². The van der Waals surface area contributed by atoms with Gasteiger partial charge in [-0.1, -0.05) is 23.2 Å². The number of carboxylic acid groups (broad SMARTS) is 1. The van der Waals surface area contributed by atoms with Gasteiger partial charge in [0.15, 0.2) is 0 Å². The van der Waals surface area contributed by atoms with E-state index in [-0.39, 0.29) is 22.3 Å². The van der Waals surface area contributed by atoms with Gasteiger partial charge in [-0.3, -0.25) is 14.9 Å². The highest BCUT2D eigenvalue weighted by Crippen LogP contribution is 2.39. The van der Waals surface area contributed by atoms with Crippen LogP contribution >= 0.6 is 23.2 Å². The first kappa shape index (κ1) is 14.9. The van der Waals surface area contributed by atoms with Crippen LogP contribution in [0.1, 0.15) is 12.8 Å². The number of hydrogen-bond donors (Lipinski definition) is 1. The molecule has 1 fully saturated rings. The third kappa shape index (κ3) is 3.52. The van der Waals surface area contributed by atoms with Crippen LogP contribution in [0.3, 0.4) is 0 Å². The average Bonchev–Trinajstić information content (AvgIpc) is 3.10. The van der Waals surface area contributed by atoms with Gasteiger partial charge in [-0.2, -0.15) is 0 Å². The molecule has 0 spiro atoms. The molecule has 0 atom stereocenters. The van der Waals surface area contributed by atoms with Crippen LogP contribution in [-0.2, 0) is 4.79 Å². The molecule has 0 saturated heterocycles. The molecule has 1 saturated carbocycles. The lowest BCUT2D eigenvalue weighted by atomic mass is 10.2. The highest BCUT2D eigenvalue weighted by molar-refractivity contribution is 6.39. The Kier molecular flexibility index (Phi) is 4.35. The van der Waals surface area contributed by atoms with Crippen LogP contribution in [0.2, 0.25) is 10.0 Å². The fraction of sp³-hybridized carbons (Fsp3) is 0.417. The number of non-ortho nitro benzene ring substituents is 1. The summed E-state index contributed by atoms with van der Waals surface area (Å²) in [6.45, 7) is 0.289. The SMILES string of the molecule is O=C(O)CN(CC1CC1)c1c(Cl)cc([N+](=O)[O-])cc1Cl. The average molecular weight is 319 g/mol. The van der Waals surface area contributed by atoms with Crippen molar-refractivity contribution in [3.05, 3.63) is 32.3 Å². The van der Waals surface area contributed by atoms with Crippen LogP contribution in [0.25, 0.3) is 0 Å². The van der Waals surface area contributed by atoms with Crippen LogP contribution in [0.4, 0.5) is 11.4 Å². The highest BCUT2D eigenvalue weighted by Gasteiger charge is 2.28. The van der Waals surface area contributed by atoms with E-state index in [1.807, 2.05) is 0 Å². The summed E-state index contributed by atoms with van der Waals surface area (Å²) in [6, 6.07) is 2.37. The lowest BCUT2D eigenvalue weighted by Crippen LogP contribution is -2.32. The van der Waals surface area contributed by atoms with E-state index in [1.54, 1.807) is 4.90 Å². The minimum absolute atomic E-state index is 0.0890. The first-order chi connectivity index (χ1) is 9.38. The summed E-state index contributed by atoms with van der Waals surface area (Å²) >= 11 is 12.1. The minimum atomic E-state index is -1.00. The van der Waals surface area contributed by atoms with Crippen molar-refractivity contribution in [1.29, 1.82) is 0 Å². The third-order valence-electron chi connectivity index (χ3n) is 3.03. The summed E-state index contributed by atoms with van der Waals surface area (Å²) in [6.07, 6.45) is 2.08. The monoisotopic (exact) mass is 318 g/mol. The summed E-state index contributed by atoms with van der Waals surface area (Å²) in [5.41, 5.74) is 0.124. The largest absolute Gasteiger partial charge is 0.480 e. The van der Waals surface area contributed by atoms with Crippen LogP contribution in [-0.4, -0.2) is 29.1 Å². The molecule has 0 aliphatic heterocycles. The molecule has 0 bridgehead atoms. The molecular formula is C12H12Cl2N2O4. The molecule has 1 aliphatic carbocycles. The number of nitro groups is 1. The van der Waals surface area contributed by atoms with Crippen molar-refractivity contribution in [3.63, 3.8) is 0 Å². The van der Waals surface area contributed by atoms with Gasteiger partial charge in [0.25, 0.3) is 5.69 Å². The number of hydrogen-bond acceptors (Lipinski definition) is 4. The molecule has 0 aromatic heterocycles. The van der Waals surface area contributed by atoms with Gasteiger partial charge < -0.3 is 10.0 Å². The van der Waals surface area contributed by atoms with Crippen molar-refractivity contribution in [1.82, 2.24) is 0 Å². The van der Waals surface area contributed by atoms with Crippen molar-refractivity contribution in [2.24, 2.45) is 5.92 Å². The molecule has 0 radical (unpaired) electrons. The Bertz CT molecular complexity index is 537. The molecule has 2 rings (SSSR count). The second-order valence-electron chi connectivity index (χ2n) is 4.73. The number of nitro benzene ring substituents is 1. The van der Waals surface area contributed by atoms with Crippen molar-refractivity contribution < 1.29 is 14.8 Å². The van der Waals surface area contributed by atoms with Crippen molar-refractivity contribution in [3.8, 4) is 0 Å². The maximum atomic E-state index is 10.9. The summed E-state index contributed by atoms with van der Waals surface area (Å²) in [5.74, 6) is -0.576. The lowest BCUT2D eigenvalue weighted by Gasteiger charge is -2.24. The van der Waals surface area contributed by atoms with Crippen molar-refractivity contribution >= 4 is 40.5 Å². The van der Waals surface area contributed by atoms with Crippen LogP contribution in [0.5, 0.6) is 0 Å². The van der Waals surface area contributed by atoms with Crippen molar-refractivity contribution in [2.75, 3.05) is 18.0 Å². The highest BCUT2D eigenvalue weighted by atomic mass is 35.5. The maximum absolute atomic E-state index is 10.9. The minimum Gasteiger partial charge on any atom is -0.480 e. The molecule has 1 aromatic carbocycles. The normalized spacial score (nSPS) is 14.1. The van der Waals surface area contributed by atoms with Gasteiger partial charge in [0.1, 0.15) is 6.54 Å². The number of benzene rings is 1. The number of rotatable bonds is 6. The molecule has 108 valence electrons. The Hall–Kier alpha value is -1.53. The zero-order valence-electron chi connectivity index (χ0n) is 10.4. The fourth-order valence-corrected chi connectivity index (χ4v) is 2.68. The Balaban J connectivity index is 2.35. The van der Waals surface area contributed by atoms with Crippen molar-refractivity contribution in [2.45, 2.75) is 12.8 Å². The number of aliphatic carboxylic acids is 1. The first-order valence-electron chi connectivity index (χ1n) is 5.98. The second kappa shape index (κ2) is 5.85. The number of carboxylic acids is 1. The van der Waals surface area contributed by atoms with Gasteiger partial charge in [-0.25, -0.2) is 0 Å². The molecule has 1 aromatic rings. The predicted octanol–water partition coefficient (Wildman–Crippen LogP) is 3.20. The topological polar surface area (TPSA) is 83.7 Å². The smallest absolute Gasteiger partial charge is 0.323 e. The number of nitrogens with zero attached hydrogens (tertiary/aromatic N) is 2.